The van der Waals surface area contributed by atoms with Crippen molar-refractivity contribution in [3.63, 3.8) is 0 Å². The van der Waals surface area contributed by atoms with Crippen molar-refractivity contribution >= 4 is 23.6 Å². The van der Waals surface area contributed by atoms with E-state index in [0.717, 1.165) is 64.5 Å². The molecule has 0 aromatic rings. The molecule has 0 aliphatic heterocycles. The van der Waals surface area contributed by atoms with E-state index >= 15 is 0 Å². The Hall–Kier alpha value is -2.28. The number of hydrogen-bond acceptors (Lipinski definition) is 8. The number of hydrogen-bond donors (Lipinski definition) is 3. The molecule has 0 aromatic carbocycles. The molecule has 0 radical (unpaired) electrons. The van der Waals surface area contributed by atoms with Gasteiger partial charge in [-0.1, -0.05) is 196 Å². The summed E-state index contributed by atoms with van der Waals surface area (Å²) in [4.78, 5) is 60.2. The lowest BCUT2D eigenvalue weighted by Gasteiger charge is -2.34. The van der Waals surface area contributed by atoms with Crippen LogP contribution >= 0.6 is 0 Å². The number of carbonyl (C=O) groups excluding carboxylic acids is 4. The maximum atomic E-state index is 13.7. The first-order valence-electron chi connectivity index (χ1n) is 29.0. The van der Waals surface area contributed by atoms with Gasteiger partial charge in [-0.2, -0.15) is 0 Å². The number of rotatable bonds is 51. The third-order valence-electron chi connectivity index (χ3n) is 13.4. The van der Waals surface area contributed by atoms with Crippen LogP contribution in [0.15, 0.2) is 0 Å². The molecule has 0 saturated heterocycles. The van der Waals surface area contributed by atoms with Gasteiger partial charge >= 0.3 is 0 Å². The predicted molar refractivity (Wildman–Crippen MR) is 291 cm³/mol. The van der Waals surface area contributed by atoms with E-state index in [1.165, 1.54) is 128 Å². The van der Waals surface area contributed by atoms with Gasteiger partial charge in [-0.15, -0.1) is 0 Å². The summed E-state index contributed by atoms with van der Waals surface area (Å²) >= 11 is 0. The first-order chi connectivity index (χ1) is 33.4. The Morgan fingerprint density at radius 2 is 0.725 bits per heavy atom. The number of unbranched alkanes of at least 4 members (excludes halogenated alkanes) is 24. The molecule has 0 aliphatic carbocycles. The number of nitrogens with zero attached hydrogens (tertiary/aromatic N) is 3. The van der Waals surface area contributed by atoms with E-state index < -0.39 is 12.1 Å². The van der Waals surface area contributed by atoms with Crippen LogP contribution in [0.5, 0.6) is 0 Å². The van der Waals surface area contributed by atoms with Crippen LogP contribution < -0.4 is 16.0 Å². The van der Waals surface area contributed by atoms with Crippen molar-refractivity contribution in [2.24, 2.45) is 11.8 Å². The third-order valence-corrected chi connectivity index (χ3v) is 13.4. The quantitative estimate of drug-likeness (QED) is 0.0514. The molecule has 408 valence electrons. The molecule has 69 heavy (non-hydrogen) atoms. The molecule has 0 fully saturated rings. The van der Waals surface area contributed by atoms with E-state index in [2.05, 4.69) is 34.7 Å². The number of carbonyl (C=O) groups is 4. The summed E-state index contributed by atoms with van der Waals surface area (Å²) in [5, 5.41) is 9.24. The van der Waals surface area contributed by atoms with Crippen LogP contribution in [0, 0.1) is 11.8 Å². The van der Waals surface area contributed by atoms with Crippen molar-refractivity contribution in [1.29, 1.82) is 0 Å². The summed E-state index contributed by atoms with van der Waals surface area (Å²) in [6, 6.07) is -1.06. The van der Waals surface area contributed by atoms with E-state index in [9.17, 15) is 19.2 Å². The van der Waals surface area contributed by atoms with Crippen molar-refractivity contribution in [1.82, 2.24) is 30.7 Å². The predicted octanol–water partition coefficient (Wildman–Crippen LogP) is 11.5. The van der Waals surface area contributed by atoms with Crippen LogP contribution in [0.2, 0.25) is 0 Å². The zero-order valence-corrected chi connectivity index (χ0v) is 46.9. The Bertz CT molecular complexity index is 1200. The van der Waals surface area contributed by atoms with Crippen molar-refractivity contribution in [3.05, 3.63) is 0 Å². The van der Waals surface area contributed by atoms with Gasteiger partial charge in [-0.05, 0) is 71.8 Å². The molecule has 2 atom stereocenters. The lowest BCUT2D eigenvalue weighted by Crippen LogP contribution is -2.53. The van der Waals surface area contributed by atoms with E-state index in [1.807, 2.05) is 58.6 Å². The van der Waals surface area contributed by atoms with E-state index in [-0.39, 0.29) is 35.5 Å². The van der Waals surface area contributed by atoms with E-state index in [4.69, 9.17) is 9.47 Å². The Balaban J connectivity index is 4.69. The average Bonchev–Trinajstić information content (AvgIpc) is 3.31. The molecule has 0 rings (SSSR count). The fraction of sp³-hybridized carbons (Fsp3) is 0.930. The Labute approximate surface area is 426 Å². The van der Waals surface area contributed by atoms with Crippen LogP contribution in [-0.2, 0) is 28.7 Å². The number of amides is 4. The molecular formula is C57H114N6O6. The summed E-state index contributed by atoms with van der Waals surface area (Å²) in [6.45, 7) is 17.4. The molecule has 3 N–H and O–H groups in total. The molecule has 4 amide bonds. The topological polar surface area (TPSA) is 133 Å². The maximum absolute atomic E-state index is 13.7. The monoisotopic (exact) mass is 979 g/mol. The normalized spacial score (nSPS) is 12.5. The summed E-state index contributed by atoms with van der Waals surface area (Å²) < 4.78 is 11.6. The molecule has 0 saturated carbocycles. The minimum Gasteiger partial charge on any atom is -0.377 e. The summed E-state index contributed by atoms with van der Waals surface area (Å²) in [5.41, 5.74) is 0. The second-order valence-corrected chi connectivity index (χ2v) is 21.0. The maximum Gasteiger partial charge on any atom is 0.243 e. The van der Waals surface area contributed by atoms with Crippen molar-refractivity contribution in [3.8, 4) is 0 Å². The average molecular weight is 980 g/mol. The smallest absolute Gasteiger partial charge is 0.243 e. The molecule has 0 bridgehead atoms. The van der Waals surface area contributed by atoms with Gasteiger partial charge in [0.25, 0.3) is 0 Å². The zero-order chi connectivity index (χ0) is 51.2. The Kier molecular flexibility index (Phi) is 46.4. The largest absolute Gasteiger partial charge is 0.377 e. The van der Waals surface area contributed by atoms with E-state index in [0.29, 0.717) is 65.4 Å². The van der Waals surface area contributed by atoms with Crippen LogP contribution in [0.1, 0.15) is 234 Å². The van der Waals surface area contributed by atoms with Gasteiger partial charge in [0.15, 0.2) is 0 Å². The highest BCUT2D eigenvalue weighted by molar-refractivity contribution is 5.88. The van der Waals surface area contributed by atoms with Crippen molar-refractivity contribution < 1.29 is 28.7 Å². The molecule has 12 nitrogen and oxygen atoms in total. The molecule has 0 aliphatic rings. The zero-order valence-electron chi connectivity index (χ0n) is 46.9. The van der Waals surface area contributed by atoms with Crippen LogP contribution in [0.3, 0.4) is 0 Å². The molecule has 12 heteroatoms. The molecule has 2 unspecified atom stereocenters. The second kappa shape index (κ2) is 48.0. The molecular weight excluding hydrogens is 865 g/mol. The Morgan fingerprint density at radius 1 is 0.406 bits per heavy atom. The first-order valence-corrected chi connectivity index (χ1v) is 29.0. The summed E-state index contributed by atoms with van der Waals surface area (Å²) in [5.74, 6) is -0.182. The lowest BCUT2D eigenvalue weighted by atomic mass is 9.99. The van der Waals surface area contributed by atoms with Crippen LogP contribution in [-0.4, -0.2) is 137 Å². The van der Waals surface area contributed by atoms with Gasteiger partial charge in [0.1, 0.15) is 12.1 Å². The fourth-order valence-electron chi connectivity index (χ4n) is 9.33. The van der Waals surface area contributed by atoms with E-state index in [1.54, 1.807) is 0 Å². The van der Waals surface area contributed by atoms with Gasteiger partial charge < -0.3 is 40.1 Å². The van der Waals surface area contributed by atoms with Gasteiger partial charge in [0.05, 0.1) is 26.4 Å². The molecule has 0 aromatic heterocycles. The van der Waals surface area contributed by atoms with Gasteiger partial charge in [0, 0.05) is 39.0 Å². The SMILES string of the molecule is CCCCCCCCCCCCCCCC(=O)N(CCCNC)C(C(=O)NCCOCCOCCNC(=O)C(C(C)C)N(CCCN(C)C)C(=O)CCCCCCCCCCCCCCC)C(C)C. The highest BCUT2D eigenvalue weighted by atomic mass is 16.5. The minimum absolute atomic E-state index is 0.0265. The number of nitrogens with one attached hydrogen (secondary N) is 3. The van der Waals surface area contributed by atoms with Gasteiger partial charge in [-0.25, -0.2) is 0 Å². The fourth-order valence-corrected chi connectivity index (χ4v) is 9.33. The summed E-state index contributed by atoms with van der Waals surface area (Å²) in [6.07, 6.45) is 35.4. The van der Waals surface area contributed by atoms with Crippen LogP contribution in [0.4, 0.5) is 0 Å². The Morgan fingerprint density at radius 3 is 1.03 bits per heavy atom. The lowest BCUT2D eigenvalue weighted by molar-refractivity contribution is -0.142. The number of ether oxygens (including phenoxy) is 2. The minimum atomic E-state index is -0.530. The van der Waals surface area contributed by atoms with Gasteiger partial charge in [0.2, 0.25) is 23.6 Å². The first kappa shape index (κ1) is 66.7. The third kappa shape index (κ3) is 38.1. The highest BCUT2D eigenvalue weighted by Gasteiger charge is 2.33. The molecule has 0 spiro atoms. The second-order valence-electron chi connectivity index (χ2n) is 21.0. The summed E-state index contributed by atoms with van der Waals surface area (Å²) in [7, 11) is 5.98. The van der Waals surface area contributed by atoms with Crippen molar-refractivity contribution in [2.75, 3.05) is 86.8 Å². The molecule has 0 heterocycles. The van der Waals surface area contributed by atoms with Gasteiger partial charge in [-0.3, -0.25) is 19.2 Å². The highest BCUT2D eigenvalue weighted by Crippen LogP contribution is 2.19. The van der Waals surface area contributed by atoms with Crippen LogP contribution in [0.25, 0.3) is 0 Å². The van der Waals surface area contributed by atoms with Crippen molar-refractivity contribution in [2.45, 2.75) is 246 Å². The standard InChI is InChI=1S/C57H114N6O6/c1-10-12-14-16-18-20-22-24-26-28-30-32-34-38-52(64)62(44-36-40-58-7)54(50(3)4)56(66)59-41-46-68-48-49-69-47-42-60-57(67)55(51(5)6)63(45-37-43-61(8)9)53(65)39-35-33-31-29-27-25-23-21-19-17-15-13-11-2/h50-51,54-55,58H,10-49H2,1-9H3,(H,59,66)(H,60,67).